The minimum atomic E-state index is -0.303. The van der Waals surface area contributed by atoms with Crippen LogP contribution in [0, 0.1) is 6.92 Å². The fourth-order valence-electron chi connectivity index (χ4n) is 2.68. The van der Waals surface area contributed by atoms with Gasteiger partial charge in [0.1, 0.15) is 24.7 Å². The van der Waals surface area contributed by atoms with Crippen LogP contribution >= 0.6 is 0 Å². The number of amides is 1. The van der Waals surface area contributed by atoms with E-state index in [0.29, 0.717) is 24.8 Å². The number of rotatable bonds is 4. The second kappa shape index (κ2) is 7.33. The zero-order valence-electron chi connectivity index (χ0n) is 14.7. The summed E-state index contributed by atoms with van der Waals surface area (Å²) in [4.78, 5) is 20.8. The highest BCUT2D eigenvalue weighted by atomic mass is 16.6. The number of carbonyl (C=O) groups is 1. The van der Waals surface area contributed by atoms with Crippen LogP contribution in [0.1, 0.15) is 16.1 Å². The van der Waals surface area contributed by atoms with E-state index in [4.69, 9.17) is 9.47 Å². The lowest BCUT2D eigenvalue weighted by atomic mass is 10.2. The third-order valence-electron chi connectivity index (χ3n) is 4.09. The van der Waals surface area contributed by atoms with Crippen LogP contribution in [-0.4, -0.2) is 29.1 Å². The maximum Gasteiger partial charge on any atom is 0.275 e. The number of aryl methyl sites for hydroxylation is 1. The van der Waals surface area contributed by atoms with E-state index in [9.17, 15) is 4.79 Å². The van der Waals surface area contributed by atoms with Crippen molar-refractivity contribution >= 4 is 23.1 Å². The van der Waals surface area contributed by atoms with Crippen molar-refractivity contribution in [2.75, 3.05) is 23.8 Å². The molecule has 3 aromatic rings. The number of hydrogen-bond acceptors (Lipinski definition) is 6. The first-order chi connectivity index (χ1) is 13.2. The molecule has 0 unspecified atom stereocenters. The summed E-state index contributed by atoms with van der Waals surface area (Å²) in [6.07, 6.45) is 2.96. The van der Waals surface area contributed by atoms with Crippen molar-refractivity contribution in [2.24, 2.45) is 0 Å². The average Bonchev–Trinajstić information content (AvgIpc) is 2.70. The number of anilines is 3. The number of carbonyl (C=O) groups excluding carboxylic acids is 1. The van der Waals surface area contributed by atoms with Gasteiger partial charge in [-0.05, 0) is 30.7 Å². The zero-order valence-corrected chi connectivity index (χ0v) is 14.7. The molecule has 2 N–H and O–H groups in total. The number of nitrogens with one attached hydrogen (secondary N) is 2. The van der Waals surface area contributed by atoms with Gasteiger partial charge in [-0.15, -0.1) is 0 Å². The van der Waals surface area contributed by atoms with Crippen molar-refractivity contribution in [3.05, 3.63) is 66.1 Å². The molecule has 0 bridgehead atoms. The molecule has 1 amide bonds. The number of nitrogens with zero attached hydrogens (tertiary/aromatic N) is 2. The van der Waals surface area contributed by atoms with E-state index >= 15 is 0 Å². The summed E-state index contributed by atoms with van der Waals surface area (Å²) in [6.45, 7) is 3.01. The average molecular weight is 362 g/mol. The van der Waals surface area contributed by atoms with Crippen molar-refractivity contribution < 1.29 is 14.3 Å². The molecule has 0 fully saturated rings. The minimum Gasteiger partial charge on any atom is -0.486 e. The number of ether oxygens (including phenoxy) is 2. The van der Waals surface area contributed by atoms with E-state index in [2.05, 4.69) is 20.6 Å². The molecule has 0 spiro atoms. The molecule has 1 aliphatic heterocycles. The lowest BCUT2D eigenvalue weighted by molar-refractivity contribution is 0.102. The molecule has 2 aromatic carbocycles. The zero-order chi connectivity index (χ0) is 18.6. The first-order valence-electron chi connectivity index (χ1n) is 8.55. The van der Waals surface area contributed by atoms with Gasteiger partial charge in [0.15, 0.2) is 11.5 Å². The second-order valence-electron chi connectivity index (χ2n) is 6.04. The fourth-order valence-corrected chi connectivity index (χ4v) is 2.68. The van der Waals surface area contributed by atoms with Crippen molar-refractivity contribution in [1.29, 1.82) is 0 Å². The summed E-state index contributed by atoms with van der Waals surface area (Å²) in [6, 6.07) is 13.1. The largest absolute Gasteiger partial charge is 0.486 e. The Labute approximate surface area is 156 Å². The van der Waals surface area contributed by atoms with E-state index in [1.54, 1.807) is 0 Å². The number of para-hydroxylation sites is 1. The maximum atomic E-state index is 12.3. The van der Waals surface area contributed by atoms with E-state index < -0.39 is 0 Å². The van der Waals surface area contributed by atoms with Gasteiger partial charge >= 0.3 is 0 Å². The number of benzene rings is 2. The molecule has 0 aliphatic carbocycles. The second-order valence-corrected chi connectivity index (χ2v) is 6.04. The van der Waals surface area contributed by atoms with E-state index in [1.807, 2.05) is 49.4 Å². The summed E-state index contributed by atoms with van der Waals surface area (Å²) in [5.41, 5.74) is 2.77. The van der Waals surface area contributed by atoms with E-state index in [-0.39, 0.29) is 11.6 Å². The molecule has 2 heterocycles. The molecule has 4 rings (SSSR count). The Kier molecular flexibility index (Phi) is 4.57. The summed E-state index contributed by atoms with van der Waals surface area (Å²) in [5, 5.41) is 5.98. The summed E-state index contributed by atoms with van der Waals surface area (Å²) >= 11 is 0. The predicted molar refractivity (Wildman–Crippen MR) is 102 cm³/mol. The Balaban J connectivity index is 1.44. The Morgan fingerprint density at radius 1 is 1.00 bits per heavy atom. The van der Waals surface area contributed by atoms with Gasteiger partial charge in [-0.1, -0.05) is 18.2 Å². The van der Waals surface area contributed by atoms with Crippen LogP contribution in [-0.2, 0) is 0 Å². The fraction of sp³-hybridized carbons (Fsp3) is 0.150. The standard InChI is InChI=1S/C20H18N4O3/c1-13-4-2-3-5-15(13)24-20(25)16-11-22-19(12-21-16)23-14-6-7-17-18(10-14)27-9-8-26-17/h2-7,10-12H,8-9H2,1H3,(H,22,23)(H,24,25). The molecule has 1 aliphatic rings. The monoisotopic (exact) mass is 362 g/mol. The van der Waals surface area contributed by atoms with Gasteiger partial charge in [-0.2, -0.15) is 0 Å². The first-order valence-corrected chi connectivity index (χ1v) is 8.55. The number of fused-ring (bicyclic) bond motifs is 1. The van der Waals surface area contributed by atoms with Crippen molar-refractivity contribution in [1.82, 2.24) is 9.97 Å². The topological polar surface area (TPSA) is 85.4 Å². The normalized spacial score (nSPS) is 12.3. The summed E-state index contributed by atoms with van der Waals surface area (Å²) in [7, 11) is 0. The molecule has 0 saturated heterocycles. The molecule has 0 atom stereocenters. The Bertz CT molecular complexity index is 973. The van der Waals surface area contributed by atoms with E-state index in [1.165, 1.54) is 12.4 Å². The van der Waals surface area contributed by atoms with Crippen LogP contribution in [0.2, 0.25) is 0 Å². The third-order valence-corrected chi connectivity index (χ3v) is 4.09. The number of aromatic nitrogens is 2. The van der Waals surface area contributed by atoms with Crippen LogP contribution < -0.4 is 20.1 Å². The number of hydrogen-bond donors (Lipinski definition) is 2. The Hall–Kier alpha value is -3.61. The molecular formula is C20H18N4O3. The van der Waals surface area contributed by atoms with Crippen LogP contribution in [0.25, 0.3) is 0 Å². The first kappa shape index (κ1) is 16.8. The smallest absolute Gasteiger partial charge is 0.275 e. The molecule has 0 radical (unpaired) electrons. The molecule has 7 heteroatoms. The third kappa shape index (κ3) is 3.82. The van der Waals surface area contributed by atoms with Gasteiger partial charge in [-0.25, -0.2) is 9.97 Å². The molecule has 0 saturated carbocycles. The van der Waals surface area contributed by atoms with Gasteiger partial charge in [0, 0.05) is 17.4 Å². The van der Waals surface area contributed by atoms with Crippen LogP contribution in [0.5, 0.6) is 11.5 Å². The molecule has 1 aromatic heterocycles. The van der Waals surface area contributed by atoms with Gasteiger partial charge in [0.05, 0.1) is 12.4 Å². The van der Waals surface area contributed by atoms with Gasteiger partial charge in [0.2, 0.25) is 0 Å². The quantitative estimate of drug-likeness (QED) is 0.738. The highest BCUT2D eigenvalue weighted by Gasteiger charge is 2.13. The highest BCUT2D eigenvalue weighted by Crippen LogP contribution is 2.33. The summed E-state index contributed by atoms with van der Waals surface area (Å²) in [5.74, 6) is 1.64. The highest BCUT2D eigenvalue weighted by molar-refractivity contribution is 6.03. The lowest BCUT2D eigenvalue weighted by Crippen LogP contribution is -2.15. The predicted octanol–water partition coefficient (Wildman–Crippen LogP) is 3.55. The molecular weight excluding hydrogens is 344 g/mol. The molecule has 136 valence electrons. The van der Waals surface area contributed by atoms with E-state index in [0.717, 1.165) is 22.7 Å². The Morgan fingerprint density at radius 2 is 1.81 bits per heavy atom. The summed E-state index contributed by atoms with van der Waals surface area (Å²) < 4.78 is 11.1. The maximum absolute atomic E-state index is 12.3. The van der Waals surface area contributed by atoms with Gasteiger partial charge < -0.3 is 20.1 Å². The van der Waals surface area contributed by atoms with Crippen molar-refractivity contribution in [3.8, 4) is 11.5 Å². The van der Waals surface area contributed by atoms with Gasteiger partial charge in [-0.3, -0.25) is 4.79 Å². The molecule has 7 nitrogen and oxygen atoms in total. The Morgan fingerprint density at radius 3 is 2.59 bits per heavy atom. The van der Waals surface area contributed by atoms with Gasteiger partial charge in [0.25, 0.3) is 5.91 Å². The van der Waals surface area contributed by atoms with Crippen molar-refractivity contribution in [2.45, 2.75) is 6.92 Å². The van der Waals surface area contributed by atoms with Crippen molar-refractivity contribution in [3.63, 3.8) is 0 Å². The lowest BCUT2D eigenvalue weighted by Gasteiger charge is -2.19. The SMILES string of the molecule is Cc1ccccc1NC(=O)c1cnc(Nc2ccc3c(c2)OCCO3)cn1. The minimum absolute atomic E-state index is 0.242. The van der Waals surface area contributed by atoms with Crippen LogP contribution in [0.15, 0.2) is 54.9 Å². The van der Waals surface area contributed by atoms with Crippen LogP contribution in [0.4, 0.5) is 17.2 Å². The van der Waals surface area contributed by atoms with Crippen LogP contribution in [0.3, 0.4) is 0 Å². The molecule has 27 heavy (non-hydrogen) atoms.